The largest absolute Gasteiger partial charge is 0.456 e. The van der Waals surface area contributed by atoms with Crippen LogP contribution in [0.2, 0.25) is 10.0 Å². The predicted molar refractivity (Wildman–Crippen MR) is 68.2 cm³/mol. The molecule has 1 aromatic rings. The van der Waals surface area contributed by atoms with Crippen molar-refractivity contribution < 1.29 is 4.74 Å². The maximum absolute atomic E-state index is 6.04. The Morgan fingerprint density at radius 3 is 2.56 bits per heavy atom. The lowest BCUT2D eigenvalue weighted by Crippen LogP contribution is -2.00. The fraction of sp³-hybridized carbons (Fsp3) is 0.231. The van der Waals surface area contributed by atoms with Gasteiger partial charge in [0.1, 0.15) is 11.5 Å². The van der Waals surface area contributed by atoms with Gasteiger partial charge >= 0.3 is 0 Å². The maximum Gasteiger partial charge on any atom is 0.146 e. The highest BCUT2D eigenvalue weighted by Crippen LogP contribution is 2.31. The van der Waals surface area contributed by atoms with Crippen LogP contribution in [0.15, 0.2) is 41.7 Å². The molecule has 0 fully saturated rings. The van der Waals surface area contributed by atoms with Crippen molar-refractivity contribution in [3.05, 3.63) is 51.7 Å². The Morgan fingerprint density at radius 1 is 1.12 bits per heavy atom. The molecular formula is C13H12Cl2O. The number of hydrogen-bond donors (Lipinski definition) is 0. The molecule has 0 radical (unpaired) electrons. The average molecular weight is 255 g/mol. The predicted octanol–water partition coefficient (Wildman–Crippen LogP) is 5.00. The zero-order valence-electron chi connectivity index (χ0n) is 8.97. The van der Waals surface area contributed by atoms with Crippen LogP contribution in [0.25, 0.3) is 0 Å². The molecule has 84 valence electrons. The summed E-state index contributed by atoms with van der Waals surface area (Å²) in [7, 11) is 0. The summed E-state index contributed by atoms with van der Waals surface area (Å²) in [5.74, 6) is 1.53. The highest BCUT2D eigenvalue weighted by molar-refractivity contribution is 6.35. The third-order valence-electron chi connectivity index (χ3n) is 2.45. The Labute approximate surface area is 105 Å². The van der Waals surface area contributed by atoms with Crippen molar-refractivity contribution in [3.63, 3.8) is 0 Å². The van der Waals surface area contributed by atoms with Crippen LogP contribution in [0.1, 0.15) is 19.8 Å². The van der Waals surface area contributed by atoms with Gasteiger partial charge in [0.05, 0.1) is 5.02 Å². The molecule has 1 nitrogen and oxygen atoms in total. The monoisotopic (exact) mass is 254 g/mol. The van der Waals surface area contributed by atoms with Gasteiger partial charge in [-0.2, -0.15) is 0 Å². The first-order valence-electron chi connectivity index (χ1n) is 5.17. The topological polar surface area (TPSA) is 9.23 Å². The van der Waals surface area contributed by atoms with Crippen LogP contribution in [0.3, 0.4) is 0 Å². The zero-order chi connectivity index (χ0) is 11.5. The Balaban J connectivity index is 2.21. The van der Waals surface area contributed by atoms with E-state index in [0.29, 0.717) is 15.8 Å². The van der Waals surface area contributed by atoms with Gasteiger partial charge in [-0.15, -0.1) is 0 Å². The van der Waals surface area contributed by atoms with Crippen LogP contribution in [0.5, 0.6) is 5.75 Å². The van der Waals surface area contributed by atoms with Gasteiger partial charge in [-0.25, -0.2) is 0 Å². The fourth-order valence-electron chi connectivity index (χ4n) is 1.57. The first-order valence-corrected chi connectivity index (χ1v) is 5.92. The van der Waals surface area contributed by atoms with Gasteiger partial charge in [0.15, 0.2) is 0 Å². The maximum atomic E-state index is 6.04. The molecule has 0 heterocycles. The molecule has 0 unspecified atom stereocenters. The van der Waals surface area contributed by atoms with E-state index in [9.17, 15) is 0 Å². The molecule has 0 amide bonds. The standard InChI is InChI=1S/C13H12Cl2O/c1-9-4-2-3-5-12(9)16-13-7-6-10(14)8-11(13)15/h4-8H,2-3H2,1H3. The molecule has 16 heavy (non-hydrogen) atoms. The lowest BCUT2D eigenvalue weighted by atomic mass is 10.1. The zero-order valence-corrected chi connectivity index (χ0v) is 10.5. The second-order valence-corrected chi connectivity index (χ2v) is 4.55. The molecule has 1 aromatic carbocycles. The molecule has 1 aliphatic carbocycles. The van der Waals surface area contributed by atoms with E-state index < -0.39 is 0 Å². The summed E-state index contributed by atoms with van der Waals surface area (Å²) in [5, 5.41) is 1.15. The van der Waals surface area contributed by atoms with Crippen LogP contribution in [0, 0.1) is 0 Å². The molecule has 3 heteroatoms. The third kappa shape index (κ3) is 2.60. The molecule has 1 aliphatic rings. The fourth-order valence-corrected chi connectivity index (χ4v) is 2.02. The number of halogens is 2. The number of ether oxygens (including phenoxy) is 1. The van der Waals surface area contributed by atoms with Crippen molar-refractivity contribution in [1.82, 2.24) is 0 Å². The minimum Gasteiger partial charge on any atom is -0.456 e. The smallest absolute Gasteiger partial charge is 0.146 e. The number of allylic oxidation sites excluding steroid dienone is 3. The first-order chi connectivity index (χ1) is 7.66. The van der Waals surface area contributed by atoms with E-state index in [2.05, 4.69) is 12.2 Å². The number of hydrogen-bond acceptors (Lipinski definition) is 1. The van der Waals surface area contributed by atoms with Crippen molar-refractivity contribution in [1.29, 1.82) is 0 Å². The molecule has 0 bridgehead atoms. The summed E-state index contributed by atoms with van der Waals surface area (Å²) in [6.45, 7) is 2.04. The van der Waals surface area contributed by atoms with Crippen LogP contribution in [-0.4, -0.2) is 0 Å². The summed E-state index contributed by atoms with van der Waals surface area (Å²) in [5.41, 5.74) is 1.15. The van der Waals surface area contributed by atoms with E-state index in [4.69, 9.17) is 27.9 Å². The van der Waals surface area contributed by atoms with Gasteiger partial charge in [-0.1, -0.05) is 29.3 Å². The van der Waals surface area contributed by atoms with Gasteiger partial charge in [0.2, 0.25) is 0 Å². The Bertz CT molecular complexity index is 461. The van der Waals surface area contributed by atoms with Crippen LogP contribution >= 0.6 is 23.2 Å². The van der Waals surface area contributed by atoms with Gasteiger partial charge < -0.3 is 4.74 Å². The van der Waals surface area contributed by atoms with Gasteiger partial charge in [0.25, 0.3) is 0 Å². The van der Waals surface area contributed by atoms with E-state index in [1.54, 1.807) is 18.2 Å². The molecule has 0 saturated carbocycles. The molecule has 2 rings (SSSR count). The van der Waals surface area contributed by atoms with Crippen molar-refractivity contribution in [2.45, 2.75) is 19.8 Å². The van der Waals surface area contributed by atoms with E-state index in [-0.39, 0.29) is 0 Å². The summed E-state index contributed by atoms with van der Waals surface area (Å²) in [4.78, 5) is 0. The highest BCUT2D eigenvalue weighted by Gasteiger charge is 2.09. The molecular weight excluding hydrogens is 243 g/mol. The second-order valence-electron chi connectivity index (χ2n) is 3.71. The minimum absolute atomic E-state index is 0.534. The Morgan fingerprint density at radius 2 is 1.88 bits per heavy atom. The minimum atomic E-state index is 0.534. The van der Waals surface area contributed by atoms with Gasteiger partial charge in [-0.3, -0.25) is 0 Å². The van der Waals surface area contributed by atoms with Crippen LogP contribution in [0.4, 0.5) is 0 Å². The highest BCUT2D eigenvalue weighted by atomic mass is 35.5. The van der Waals surface area contributed by atoms with E-state index in [1.165, 1.54) is 0 Å². The molecule has 0 atom stereocenters. The molecule has 0 saturated heterocycles. The molecule has 0 spiro atoms. The van der Waals surface area contributed by atoms with E-state index in [0.717, 1.165) is 24.2 Å². The van der Waals surface area contributed by atoms with Gasteiger partial charge in [0, 0.05) is 5.02 Å². The summed E-state index contributed by atoms with van der Waals surface area (Å²) in [6.07, 6.45) is 6.34. The quantitative estimate of drug-likeness (QED) is 0.722. The second kappa shape index (κ2) is 4.94. The Hall–Kier alpha value is -0.920. The van der Waals surface area contributed by atoms with Crippen molar-refractivity contribution in [3.8, 4) is 5.75 Å². The molecule has 0 aliphatic heterocycles. The lowest BCUT2D eigenvalue weighted by molar-refractivity contribution is 0.430. The summed E-state index contributed by atoms with van der Waals surface area (Å²) >= 11 is 11.9. The normalized spacial score (nSPS) is 15.4. The van der Waals surface area contributed by atoms with Crippen molar-refractivity contribution in [2.75, 3.05) is 0 Å². The van der Waals surface area contributed by atoms with Crippen molar-refractivity contribution in [2.24, 2.45) is 0 Å². The average Bonchev–Trinajstić information content (AvgIpc) is 2.25. The summed E-state index contributed by atoms with van der Waals surface area (Å²) in [6, 6.07) is 5.24. The summed E-state index contributed by atoms with van der Waals surface area (Å²) < 4.78 is 5.76. The Kier molecular flexibility index (Phi) is 3.57. The molecule has 0 N–H and O–H groups in total. The number of rotatable bonds is 2. The van der Waals surface area contributed by atoms with Crippen LogP contribution in [-0.2, 0) is 0 Å². The number of benzene rings is 1. The SMILES string of the molecule is CC1=CCCC=C1Oc1ccc(Cl)cc1Cl. The van der Waals surface area contributed by atoms with Crippen molar-refractivity contribution >= 4 is 23.2 Å². The third-order valence-corrected chi connectivity index (χ3v) is 2.98. The van der Waals surface area contributed by atoms with Gasteiger partial charge in [-0.05, 0) is 49.6 Å². The van der Waals surface area contributed by atoms with E-state index >= 15 is 0 Å². The van der Waals surface area contributed by atoms with Crippen LogP contribution < -0.4 is 4.74 Å². The van der Waals surface area contributed by atoms with E-state index in [1.807, 2.05) is 6.92 Å². The first kappa shape index (κ1) is 11.6. The lowest BCUT2D eigenvalue weighted by Gasteiger charge is -2.15. The molecule has 0 aromatic heterocycles.